The maximum atomic E-state index is 13.6. The van der Waals surface area contributed by atoms with Crippen LogP contribution < -0.4 is 4.74 Å². The number of hydrogen-bond acceptors (Lipinski definition) is 5. The van der Waals surface area contributed by atoms with Crippen molar-refractivity contribution in [2.45, 2.75) is 39.2 Å². The molecule has 2 heterocycles. The molecule has 1 atom stereocenters. The minimum atomic E-state index is -0.737. The average molecular weight is 468 g/mol. The molecule has 1 aliphatic heterocycles. The van der Waals surface area contributed by atoms with E-state index in [-0.39, 0.29) is 11.3 Å². The molecule has 0 saturated heterocycles. The second-order valence-corrected chi connectivity index (χ2v) is 8.50. The summed E-state index contributed by atoms with van der Waals surface area (Å²) in [6, 6.07) is 13.2. The lowest BCUT2D eigenvalue weighted by Crippen LogP contribution is -2.32. The van der Waals surface area contributed by atoms with Crippen molar-refractivity contribution in [2.24, 2.45) is 0 Å². The maximum absolute atomic E-state index is 13.6. The van der Waals surface area contributed by atoms with Crippen LogP contribution in [0.3, 0.4) is 0 Å². The van der Waals surface area contributed by atoms with Crippen LogP contribution in [0.4, 0.5) is 0 Å². The summed E-state index contributed by atoms with van der Waals surface area (Å²) in [6.07, 6.45) is 2.46. The molecule has 7 heteroatoms. The van der Waals surface area contributed by atoms with E-state index < -0.39 is 23.5 Å². The van der Waals surface area contributed by atoms with Gasteiger partial charge < -0.3 is 19.2 Å². The first-order chi connectivity index (χ1) is 15.9. The summed E-state index contributed by atoms with van der Waals surface area (Å²) in [4.78, 5) is 28.1. The molecule has 0 aliphatic carbocycles. The average Bonchev–Trinajstić information content (AvgIpc) is 3.34. The van der Waals surface area contributed by atoms with Gasteiger partial charge in [-0.2, -0.15) is 0 Å². The summed E-state index contributed by atoms with van der Waals surface area (Å²) in [5, 5.41) is 12.0. The van der Waals surface area contributed by atoms with Gasteiger partial charge in [0, 0.05) is 17.0 Å². The van der Waals surface area contributed by atoms with Crippen molar-refractivity contribution in [2.75, 3.05) is 13.2 Å². The lowest BCUT2D eigenvalue weighted by atomic mass is 9.94. The number of aliphatic hydroxyl groups excluding tert-OH is 1. The van der Waals surface area contributed by atoms with Crippen LogP contribution in [-0.4, -0.2) is 34.8 Å². The lowest BCUT2D eigenvalue weighted by molar-refractivity contribution is -0.129. The first-order valence-electron chi connectivity index (χ1n) is 11.1. The quantitative estimate of drug-likeness (QED) is 0.376. The summed E-state index contributed by atoms with van der Waals surface area (Å²) >= 11 is 6.06. The number of halogens is 1. The second kappa shape index (κ2) is 9.71. The van der Waals surface area contributed by atoms with E-state index in [0.717, 1.165) is 19.3 Å². The largest absolute Gasteiger partial charge is 0.503 e. The zero-order chi connectivity index (χ0) is 23.5. The number of ether oxygens (including phenoxy) is 1. The molecule has 1 N–H and O–H groups in total. The Morgan fingerprint density at radius 3 is 2.73 bits per heavy atom. The van der Waals surface area contributed by atoms with Crippen LogP contribution in [0.1, 0.15) is 55.3 Å². The van der Waals surface area contributed by atoms with E-state index in [0.29, 0.717) is 40.5 Å². The Balaban J connectivity index is 1.77. The fourth-order valence-electron chi connectivity index (χ4n) is 4.04. The fraction of sp³-hybridized carbons (Fsp3) is 0.308. The van der Waals surface area contributed by atoms with Crippen LogP contribution in [0.25, 0.3) is 11.0 Å². The summed E-state index contributed by atoms with van der Waals surface area (Å²) in [7, 11) is 0. The second-order valence-electron chi connectivity index (χ2n) is 8.06. The van der Waals surface area contributed by atoms with Gasteiger partial charge in [-0.1, -0.05) is 44.0 Å². The van der Waals surface area contributed by atoms with Crippen molar-refractivity contribution in [3.63, 3.8) is 0 Å². The number of Topliss-reactive ketones (excluding diaryl/α,β-unsaturated/α-hetero) is 1. The van der Waals surface area contributed by atoms with E-state index in [1.807, 2.05) is 38.1 Å². The smallest absolute Gasteiger partial charge is 0.290 e. The van der Waals surface area contributed by atoms with Gasteiger partial charge in [-0.25, -0.2) is 0 Å². The Morgan fingerprint density at radius 1 is 1.15 bits per heavy atom. The highest BCUT2D eigenvalue weighted by molar-refractivity contribution is 6.31. The van der Waals surface area contributed by atoms with E-state index in [2.05, 4.69) is 0 Å². The standard InChI is InChI=1S/C26H26ClNO5/c1-3-5-11-28-23(16-7-6-8-19(14-16)32-12-4-2)22(25(30)26(28)31)24(29)21-15-17-13-18(27)9-10-20(17)33-21/h6-10,13-15,23,30H,3-5,11-12H2,1-2H3. The molecular formula is C26H26ClNO5. The van der Waals surface area contributed by atoms with E-state index in [4.69, 9.17) is 20.8 Å². The predicted octanol–water partition coefficient (Wildman–Crippen LogP) is 6.25. The Hall–Kier alpha value is -3.25. The number of rotatable bonds is 9. The molecular weight excluding hydrogens is 442 g/mol. The molecule has 2 aromatic carbocycles. The highest BCUT2D eigenvalue weighted by Gasteiger charge is 2.44. The molecule has 6 nitrogen and oxygen atoms in total. The Labute approximate surface area is 197 Å². The fourth-order valence-corrected chi connectivity index (χ4v) is 4.22. The van der Waals surface area contributed by atoms with Gasteiger partial charge >= 0.3 is 0 Å². The zero-order valence-corrected chi connectivity index (χ0v) is 19.4. The van der Waals surface area contributed by atoms with Crippen LogP contribution in [0.2, 0.25) is 5.02 Å². The number of amides is 1. The normalized spacial score (nSPS) is 16.2. The van der Waals surface area contributed by atoms with Gasteiger partial charge in [0.05, 0.1) is 18.2 Å². The Morgan fingerprint density at radius 2 is 1.97 bits per heavy atom. The minimum absolute atomic E-state index is 0.00824. The molecule has 0 bridgehead atoms. The van der Waals surface area contributed by atoms with Crippen molar-refractivity contribution in [3.8, 4) is 5.75 Å². The van der Waals surface area contributed by atoms with Crippen LogP contribution in [0.15, 0.2) is 64.3 Å². The number of furan rings is 1. The van der Waals surface area contributed by atoms with Crippen LogP contribution in [0, 0.1) is 0 Å². The molecule has 0 saturated carbocycles. The van der Waals surface area contributed by atoms with Gasteiger partial charge in [0.15, 0.2) is 11.5 Å². The van der Waals surface area contributed by atoms with Gasteiger partial charge in [-0.3, -0.25) is 9.59 Å². The molecule has 0 radical (unpaired) electrons. The molecule has 1 amide bonds. The third kappa shape index (κ3) is 4.48. The van der Waals surface area contributed by atoms with E-state index in [1.54, 1.807) is 29.2 Å². The van der Waals surface area contributed by atoms with Gasteiger partial charge in [0.2, 0.25) is 5.78 Å². The molecule has 33 heavy (non-hydrogen) atoms. The van der Waals surface area contributed by atoms with Crippen molar-refractivity contribution >= 4 is 34.3 Å². The van der Waals surface area contributed by atoms with Crippen molar-refractivity contribution in [3.05, 3.63) is 76.2 Å². The molecule has 0 fully saturated rings. The number of fused-ring (bicyclic) bond motifs is 1. The number of nitrogens with zero attached hydrogens (tertiary/aromatic N) is 1. The van der Waals surface area contributed by atoms with Crippen LogP contribution >= 0.6 is 11.6 Å². The molecule has 4 rings (SSSR count). The topological polar surface area (TPSA) is 80.0 Å². The molecule has 0 spiro atoms. The predicted molar refractivity (Wildman–Crippen MR) is 127 cm³/mol. The highest BCUT2D eigenvalue weighted by atomic mass is 35.5. The van der Waals surface area contributed by atoms with Gasteiger partial charge in [-0.15, -0.1) is 0 Å². The van der Waals surface area contributed by atoms with Crippen molar-refractivity contribution in [1.29, 1.82) is 0 Å². The third-order valence-corrected chi connectivity index (χ3v) is 5.88. The number of unbranched alkanes of at least 4 members (excludes halogenated alkanes) is 1. The molecule has 3 aromatic rings. The van der Waals surface area contributed by atoms with Gasteiger partial charge in [0.1, 0.15) is 11.3 Å². The van der Waals surface area contributed by atoms with Crippen molar-refractivity contribution in [1.82, 2.24) is 4.90 Å². The highest BCUT2D eigenvalue weighted by Crippen LogP contribution is 2.40. The van der Waals surface area contributed by atoms with Crippen molar-refractivity contribution < 1.29 is 23.8 Å². The minimum Gasteiger partial charge on any atom is -0.503 e. The van der Waals surface area contributed by atoms with Gasteiger partial charge in [-0.05, 0) is 54.8 Å². The van der Waals surface area contributed by atoms with Crippen LogP contribution in [0.5, 0.6) is 5.75 Å². The van der Waals surface area contributed by atoms with Gasteiger partial charge in [0.25, 0.3) is 5.91 Å². The third-order valence-electron chi connectivity index (χ3n) is 5.65. The number of aliphatic hydroxyl groups is 1. The first-order valence-corrected chi connectivity index (χ1v) is 11.5. The molecule has 1 aliphatic rings. The molecule has 1 unspecified atom stereocenters. The summed E-state index contributed by atoms with van der Waals surface area (Å²) < 4.78 is 11.5. The van der Waals surface area contributed by atoms with E-state index in [1.165, 1.54) is 0 Å². The number of carbonyl (C=O) groups is 2. The maximum Gasteiger partial charge on any atom is 0.290 e. The number of ketones is 1. The first kappa shape index (κ1) is 22.9. The molecule has 172 valence electrons. The summed E-state index contributed by atoms with van der Waals surface area (Å²) in [5.74, 6) is -0.941. The van der Waals surface area contributed by atoms with E-state index >= 15 is 0 Å². The Kier molecular flexibility index (Phi) is 6.75. The lowest BCUT2D eigenvalue weighted by Gasteiger charge is -2.27. The zero-order valence-electron chi connectivity index (χ0n) is 18.6. The van der Waals surface area contributed by atoms with E-state index in [9.17, 15) is 14.7 Å². The number of carbonyl (C=O) groups excluding carboxylic acids is 2. The monoisotopic (exact) mass is 467 g/mol. The number of benzene rings is 2. The summed E-state index contributed by atoms with van der Waals surface area (Å²) in [6.45, 7) is 5.01. The van der Waals surface area contributed by atoms with Crippen LogP contribution in [-0.2, 0) is 4.79 Å². The summed E-state index contributed by atoms with van der Waals surface area (Å²) in [5.41, 5.74) is 1.20. The number of hydrogen-bond donors (Lipinski definition) is 1. The molecule has 1 aromatic heterocycles. The SMILES string of the molecule is CCCCN1C(=O)C(O)=C(C(=O)c2cc3cc(Cl)ccc3o2)C1c1cccc(OCCC)c1. The Bertz CT molecular complexity index is 1230.